The zero-order valence-corrected chi connectivity index (χ0v) is 32.7. The van der Waals surface area contributed by atoms with Crippen LogP contribution in [0.1, 0.15) is 48.4 Å². The van der Waals surface area contributed by atoms with Crippen molar-refractivity contribution in [1.82, 2.24) is 29.5 Å². The molecule has 2 aromatic heterocycles. The summed E-state index contributed by atoms with van der Waals surface area (Å²) in [7, 11) is 1.78. The number of phenolic OH excluding ortho intramolecular Hbond substituents is 1. The maximum atomic E-state index is 13.8. The van der Waals surface area contributed by atoms with E-state index in [2.05, 4.69) is 32.0 Å². The van der Waals surface area contributed by atoms with Crippen LogP contribution in [0.5, 0.6) is 17.2 Å². The van der Waals surface area contributed by atoms with Crippen LogP contribution >= 0.6 is 0 Å². The van der Waals surface area contributed by atoms with Gasteiger partial charge in [-0.05, 0) is 110 Å². The molecule has 4 heterocycles. The molecule has 6 aromatic rings. The number of unbranched alkanes of at least 4 members (excludes halogenated alkanes) is 1. The summed E-state index contributed by atoms with van der Waals surface area (Å²) in [6.45, 7) is 6.92. The fourth-order valence-corrected chi connectivity index (χ4v) is 8.26. The molecule has 2 aliphatic heterocycles. The second-order valence-corrected chi connectivity index (χ2v) is 15.1. The number of imide groups is 1. The highest BCUT2D eigenvalue weighted by atomic mass is 19.1. The van der Waals surface area contributed by atoms with E-state index >= 15 is 0 Å². The van der Waals surface area contributed by atoms with Gasteiger partial charge in [-0.15, -0.1) is 0 Å². The third kappa shape index (κ3) is 8.12. The lowest BCUT2D eigenvalue weighted by molar-refractivity contribution is -0.135. The van der Waals surface area contributed by atoms with Crippen LogP contribution in [0, 0.1) is 12.7 Å². The Bertz CT molecular complexity index is 2470. The van der Waals surface area contributed by atoms with Crippen molar-refractivity contribution in [1.29, 1.82) is 0 Å². The van der Waals surface area contributed by atoms with E-state index in [9.17, 15) is 23.9 Å². The highest BCUT2D eigenvalue weighted by Gasteiger charge is 2.32. The van der Waals surface area contributed by atoms with E-state index in [0.717, 1.165) is 76.9 Å². The van der Waals surface area contributed by atoms with Gasteiger partial charge in [0.1, 0.15) is 28.6 Å². The zero-order valence-electron chi connectivity index (χ0n) is 32.7. The number of aromatic hydroxyl groups is 1. The first-order chi connectivity index (χ1) is 28.1. The number of carbonyl (C=O) groups is 3. The molecular weight excluding hydrogens is 740 g/mol. The number of amides is 3. The lowest BCUT2D eigenvalue weighted by Gasteiger charge is -2.34. The first-order valence-electron chi connectivity index (χ1n) is 19.8. The van der Waals surface area contributed by atoms with Crippen LogP contribution in [0.25, 0.3) is 33.1 Å². The quantitative estimate of drug-likeness (QED) is 0.103. The van der Waals surface area contributed by atoms with Crippen LogP contribution in [0.2, 0.25) is 0 Å². The summed E-state index contributed by atoms with van der Waals surface area (Å²) in [6.07, 6.45) is 2.56. The first kappa shape index (κ1) is 38.7. The van der Waals surface area contributed by atoms with Gasteiger partial charge < -0.3 is 24.0 Å². The summed E-state index contributed by atoms with van der Waals surface area (Å²) in [6, 6.07) is 25.6. The second-order valence-electron chi connectivity index (χ2n) is 15.1. The van der Waals surface area contributed by atoms with Crippen LogP contribution in [0.3, 0.4) is 0 Å². The number of ether oxygens (including phenoxy) is 2. The number of halogens is 1. The summed E-state index contributed by atoms with van der Waals surface area (Å²) >= 11 is 0. The number of piperidine rings is 1. The van der Waals surface area contributed by atoms with Crippen molar-refractivity contribution in [3.63, 3.8) is 0 Å². The average molecular weight is 787 g/mol. The topological polar surface area (TPSA) is 131 Å². The second kappa shape index (κ2) is 16.7. The predicted octanol–water partition coefficient (Wildman–Crippen LogP) is 6.30. The van der Waals surface area contributed by atoms with E-state index in [4.69, 9.17) is 9.47 Å². The molecule has 1 atom stereocenters. The van der Waals surface area contributed by atoms with Crippen molar-refractivity contribution in [2.24, 2.45) is 7.05 Å². The minimum Gasteiger partial charge on any atom is -0.508 e. The van der Waals surface area contributed by atoms with Gasteiger partial charge in [0.25, 0.3) is 5.91 Å². The van der Waals surface area contributed by atoms with Gasteiger partial charge >= 0.3 is 0 Å². The summed E-state index contributed by atoms with van der Waals surface area (Å²) in [4.78, 5) is 41.6. The number of hydrogen-bond donors (Lipinski definition) is 2. The van der Waals surface area contributed by atoms with Gasteiger partial charge in [-0.3, -0.25) is 29.3 Å². The van der Waals surface area contributed by atoms with E-state index in [1.165, 1.54) is 12.1 Å². The maximum absolute atomic E-state index is 13.8. The Morgan fingerprint density at radius 2 is 1.71 bits per heavy atom. The van der Waals surface area contributed by atoms with Gasteiger partial charge in [0, 0.05) is 62.5 Å². The molecule has 1 unspecified atom stereocenters. The molecule has 8 rings (SSSR count). The predicted molar refractivity (Wildman–Crippen MR) is 218 cm³/mol. The number of hydrogen-bond acceptors (Lipinski definition) is 8. The van der Waals surface area contributed by atoms with Crippen molar-refractivity contribution in [2.75, 3.05) is 45.9 Å². The minimum atomic E-state index is -0.516. The largest absolute Gasteiger partial charge is 0.508 e. The summed E-state index contributed by atoms with van der Waals surface area (Å²) in [5.74, 6) is 0.0580. The molecule has 58 heavy (non-hydrogen) atoms. The molecule has 300 valence electrons. The SMILES string of the molecule is Cc1c(-c2ccc(F)cc2)n(Cc2ccc(OCCCCN3CCN(C(=O)COc4cccc5c(C6CCC(=O)NC6=O)nn(C)c45)CC3)cc2)c2ccc(O)cc12. The van der Waals surface area contributed by atoms with Crippen molar-refractivity contribution in [2.45, 2.75) is 45.1 Å². The smallest absolute Gasteiger partial charge is 0.260 e. The van der Waals surface area contributed by atoms with Gasteiger partial charge in [0.15, 0.2) is 6.61 Å². The third-order valence-electron chi connectivity index (χ3n) is 11.3. The summed E-state index contributed by atoms with van der Waals surface area (Å²) < 4.78 is 29.8. The third-order valence-corrected chi connectivity index (χ3v) is 11.3. The van der Waals surface area contributed by atoms with Crippen LogP contribution < -0.4 is 14.8 Å². The standard InChI is InChI=1S/C45H47FN6O6/c1-29-37-26-33(53)14-18-38(37)52(43(29)31-10-12-32(46)13-11-31)27-30-8-15-34(16-9-30)57-25-4-3-20-50-21-23-51(24-22-50)41(55)28-58-39-7-5-6-35-42(48-49(2)44(35)39)36-17-19-40(54)47-45(36)56/h5-16,18,26,36,53H,3-4,17,19-25,27-28H2,1-2H3,(H,47,54,56). The molecule has 4 aromatic carbocycles. The number of carbonyl (C=O) groups excluding carboxylic acids is 3. The molecule has 13 heteroatoms. The van der Waals surface area contributed by atoms with Crippen LogP contribution in [-0.4, -0.2) is 92.9 Å². The Hall–Kier alpha value is -6.21. The highest BCUT2D eigenvalue weighted by Crippen LogP contribution is 2.37. The molecule has 2 aliphatic rings. The monoisotopic (exact) mass is 786 g/mol. The molecule has 0 radical (unpaired) electrons. The zero-order chi connectivity index (χ0) is 40.3. The van der Waals surface area contributed by atoms with Crippen molar-refractivity contribution in [3.8, 4) is 28.5 Å². The number of aryl methyl sites for hydroxylation is 2. The minimum absolute atomic E-state index is 0.0749. The number of para-hydroxylation sites is 1. The Morgan fingerprint density at radius 1 is 0.931 bits per heavy atom. The molecule has 0 saturated carbocycles. The number of phenols is 1. The number of nitrogens with one attached hydrogen (secondary N) is 1. The number of aromatic nitrogens is 3. The van der Waals surface area contributed by atoms with Crippen LogP contribution in [0.15, 0.2) is 84.9 Å². The number of fused-ring (bicyclic) bond motifs is 2. The van der Waals surface area contributed by atoms with Gasteiger partial charge in [-0.1, -0.05) is 24.3 Å². The van der Waals surface area contributed by atoms with Gasteiger partial charge in [0.05, 0.1) is 23.9 Å². The average Bonchev–Trinajstić information content (AvgIpc) is 3.70. The lowest BCUT2D eigenvalue weighted by atomic mass is 9.93. The number of benzene rings is 4. The first-order valence-corrected chi connectivity index (χ1v) is 19.8. The number of piperazine rings is 1. The maximum Gasteiger partial charge on any atom is 0.260 e. The lowest BCUT2D eigenvalue weighted by Crippen LogP contribution is -2.50. The summed E-state index contributed by atoms with van der Waals surface area (Å²) in [5, 5.41) is 18.9. The normalized spacial score (nSPS) is 16.3. The van der Waals surface area contributed by atoms with E-state index in [0.29, 0.717) is 49.6 Å². The van der Waals surface area contributed by atoms with Gasteiger partial charge in [-0.2, -0.15) is 5.10 Å². The fraction of sp³-hybridized carbons (Fsp3) is 0.333. The molecule has 0 bridgehead atoms. The Kier molecular flexibility index (Phi) is 11.1. The Labute approximate surface area is 335 Å². The summed E-state index contributed by atoms with van der Waals surface area (Å²) in [5.41, 5.74) is 6.33. The van der Waals surface area contributed by atoms with Crippen LogP contribution in [0.4, 0.5) is 4.39 Å². The van der Waals surface area contributed by atoms with E-state index in [-0.39, 0.29) is 42.3 Å². The molecule has 0 aliphatic carbocycles. The molecule has 3 amide bonds. The van der Waals surface area contributed by atoms with Crippen molar-refractivity contribution < 1.29 is 33.4 Å². The molecule has 2 saturated heterocycles. The Balaban J connectivity index is 0.778. The van der Waals surface area contributed by atoms with Gasteiger partial charge in [-0.25, -0.2) is 4.39 Å². The van der Waals surface area contributed by atoms with Crippen molar-refractivity contribution >= 4 is 39.5 Å². The van der Waals surface area contributed by atoms with Crippen LogP contribution in [-0.2, 0) is 28.0 Å². The Morgan fingerprint density at radius 3 is 2.47 bits per heavy atom. The van der Waals surface area contributed by atoms with E-state index in [1.54, 1.807) is 42.1 Å². The number of rotatable bonds is 13. The number of nitrogens with zero attached hydrogens (tertiary/aromatic N) is 5. The highest BCUT2D eigenvalue weighted by molar-refractivity contribution is 6.03. The van der Waals surface area contributed by atoms with Gasteiger partial charge in [0.2, 0.25) is 11.8 Å². The van der Waals surface area contributed by atoms with Crippen molar-refractivity contribution in [3.05, 3.63) is 108 Å². The van der Waals surface area contributed by atoms with E-state index < -0.39 is 5.92 Å². The molecule has 12 nitrogen and oxygen atoms in total. The molecule has 2 N–H and O–H groups in total. The fourth-order valence-electron chi connectivity index (χ4n) is 8.26. The molecule has 0 spiro atoms. The van der Waals surface area contributed by atoms with E-state index in [1.807, 2.05) is 42.2 Å². The molecule has 2 fully saturated rings. The molecular formula is C45H47FN6O6.